The number of rotatable bonds is 10. The van der Waals surface area contributed by atoms with Gasteiger partial charge in [-0.05, 0) is 62.3 Å². The average Bonchev–Trinajstić information content (AvgIpc) is 2.87. The minimum Gasteiger partial charge on any atom is -0.493 e. The number of hydrogen-bond donors (Lipinski definition) is 1. The minimum atomic E-state index is -0.372. The largest absolute Gasteiger partial charge is 0.493 e. The summed E-state index contributed by atoms with van der Waals surface area (Å²) in [5.74, 6) is 0.431. The molecule has 0 radical (unpaired) electrons. The van der Waals surface area contributed by atoms with Crippen molar-refractivity contribution in [2.45, 2.75) is 26.7 Å². The van der Waals surface area contributed by atoms with E-state index in [1.165, 1.54) is 24.3 Å². The summed E-state index contributed by atoms with van der Waals surface area (Å²) in [6.07, 6.45) is 1.14. The standard InChI is InChI=1S/C26H34FN3O4/c1-4-29(5-2)16-17-34-24-18-22(10-11-23(24)33-3)28-25(31)19-12-14-30(15-13-19)26(32)20-6-8-21(27)9-7-20/h6-11,18-19H,4-5,12-17H2,1-3H3,(H,28,31). The molecule has 1 N–H and O–H groups in total. The van der Waals surface area contributed by atoms with Crippen LogP contribution in [0, 0.1) is 11.7 Å². The van der Waals surface area contributed by atoms with Crippen LogP contribution in [0.5, 0.6) is 11.5 Å². The van der Waals surface area contributed by atoms with Crippen molar-refractivity contribution < 1.29 is 23.5 Å². The van der Waals surface area contributed by atoms with Gasteiger partial charge in [-0.2, -0.15) is 0 Å². The lowest BCUT2D eigenvalue weighted by molar-refractivity contribution is -0.121. The summed E-state index contributed by atoms with van der Waals surface area (Å²) in [4.78, 5) is 29.5. The van der Waals surface area contributed by atoms with Gasteiger partial charge in [-0.3, -0.25) is 9.59 Å². The van der Waals surface area contributed by atoms with Gasteiger partial charge in [0, 0.05) is 42.9 Å². The number of carbonyl (C=O) groups is 2. The van der Waals surface area contributed by atoms with Crippen LogP contribution >= 0.6 is 0 Å². The number of amides is 2. The summed E-state index contributed by atoms with van der Waals surface area (Å²) in [6, 6.07) is 10.9. The van der Waals surface area contributed by atoms with Crippen molar-refractivity contribution in [3.05, 3.63) is 53.8 Å². The molecule has 7 nitrogen and oxygen atoms in total. The summed E-state index contributed by atoms with van der Waals surface area (Å²) >= 11 is 0. The molecule has 8 heteroatoms. The molecular formula is C26H34FN3O4. The van der Waals surface area contributed by atoms with Gasteiger partial charge < -0.3 is 24.6 Å². The van der Waals surface area contributed by atoms with Gasteiger partial charge in [-0.15, -0.1) is 0 Å². The van der Waals surface area contributed by atoms with Crippen LogP contribution in [0.3, 0.4) is 0 Å². The number of nitrogens with one attached hydrogen (secondary N) is 1. The molecule has 0 saturated carbocycles. The maximum Gasteiger partial charge on any atom is 0.253 e. The summed E-state index contributed by atoms with van der Waals surface area (Å²) in [5, 5.41) is 2.98. The molecule has 0 aliphatic carbocycles. The fraction of sp³-hybridized carbons (Fsp3) is 0.462. The zero-order valence-electron chi connectivity index (χ0n) is 20.2. The van der Waals surface area contributed by atoms with Gasteiger partial charge in [-0.25, -0.2) is 4.39 Å². The first-order valence-corrected chi connectivity index (χ1v) is 11.8. The van der Waals surface area contributed by atoms with Crippen molar-refractivity contribution in [3.63, 3.8) is 0 Å². The predicted octanol–water partition coefficient (Wildman–Crippen LogP) is 4.05. The molecule has 2 amide bonds. The molecule has 1 saturated heterocycles. The molecular weight excluding hydrogens is 437 g/mol. The number of nitrogens with zero attached hydrogens (tertiary/aromatic N) is 2. The summed E-state index contributed by atoms with van der Waals surface area (Å²) in [6.45, 7) is 8.45. The third-order valence-corrected chi connectivity index (χ3v) is 6.23. The smallest absolute Gasteiger partial charge is 0.253 e. The van der Waals surface area contributed by atoms with E-state index in [0.29, 0.717) is 55.3 Å². The summed E-state index contributed by atoms with van der Waals surface area (Å²) in [7, 11) is 1.59. The van der Waals surface area contributed by atoms with E-state index < -0.39 is 0 Å². The maximum atomic E-state index is 13.1. The van der Waals surface area contributed by atoms with Gasteiger partial charge in [0.05, 0.1) is 7.11 Å². The van der Waals surface area contributed by atoms with Crippen LogP contribution in [0.15, 0.2) is 42.5 Å². The van der Waals surface area contributed by atoms with Crippen molar-refractivity contribution in [2.75, 3.05) is 51.8 Å². The Hall–Kier alpha value is -3.13. The third kappa shape index (κ3) is 6.70. The Labute approximate surface area is 200 Å². The highest BCUT2D eigenvalue weighted by Crippen LogP contribution is 2.31. The lowest BCUT2D eigenvalue weighted by atomic mass is 9.95. The Morgan fingerprint density at radius 3 is 2.35 bits per heavy atom. The van der Waals surface area contributed by atoms with Crippen molar-refractivity contribution >= 4 is 17.5 Å². The normalized spacial score (nSPS) is 14.2. The van der Waals surface area contributed by atoms with Gasteiger partial charge in [0.2, 0.25) is 5.91 Å². The van der Waals surface area contributed by atoms with E-state index in [9.17, 15) is 14.0 Å². The molecule has 34 heavy (non-hydrogen) atoms. The van der Waals surface area contributed by atoms with E-state index in [4.69, 9.17) is 9.47 Å². The SMILES string of the molecule is CCN(CC)CCOc1cc(NC(=O)C2CCN(C(=O)c3ccc(F)cc3)CC2)ccc1OC. The molecule has 0 unspecified atom stereocenters. The summed E-state index contributed by atoms with van der Waals surface area (Å²) in [5.41, 5.74) is 1.10. The van der Waals surface area contributed by atoms with Crippen molar-refractivity contribution in [1.82, 2.24) is 9.80 Å². The first kappa shape index (κ1) is 25.5. The predicted molar refractivity (Wildman–Crippen MR) is 130 cm³/mol. The molecule has 1 heterocycles. The highest BCUT2D eigenvalue weighted by atomic mass is 19.1. The Morgan fingerprint density at radius 2 is 1.74 bits per heavy atom. The van der Waals surface area contributed by atoms with Gasteiger partial charge in [0.15, 0.2) is 11.5 Å². The van der Waals surface area contributed by atoms with Crippen LogP contribution in [0.2, 0.25) is 0 Å². The monoisotopic (exact) mass is 471 g/mol. The summed E-state index contributed by atoms with van der Waals surface area (Å²) < 4.78 is 24.4. The number of methoxy groups -OCH3 is 1. The molecule has 1 aliphatic heterocycles. The van der Waals surface area contributed by atoms with E-state index in [1.54, 1.807) is 30.2 Å². The molecule has 0 spiro atoms. The molecule has 1 fully saturated rings. The maximum absolute atomic E-state index is 13.1. The van der Waals surface area contributed by atoms with E-state index in [1.807, 2.05) is 0 Å². The third-order valence-electron chi connectivity index (χ3n) is 6.23. The van der Waals surface area contributed by atoms with Gasteiger partial charge >= 0.3 is 0 Å². The zero-order valence-corrected chi connectivity index (χ0v) is 20.2. The second-order valence-electron chi connectivity index (χ2n) is 8.30. The van der Waals surface area contributed by atoms with Gasteiger partial charge in [-0.1, -0.05) is 13.8 Å². The molecule has 0 aromatic heterocycles. The molecule has 0 bridgehead atoms. The zero-order chi connectivity index (χ0) is 24.5. The fourth-order valence-electron chi connectivity index (χ4n) is 4.06. The first-order chi connectivity index (χ1) is 16.4. The number of anilines is 1. The highest BCUT2D eigenvalue weighted by Gasteiger charge is 2.28. The molecule has 0 atom stereocenters. The van der Waals surface area contributed by atoms with Gasteiger partial charge in [0.25, 0.3) is 5.91 Å². The number of piperidine rings is 1. The van der Waals surface area contributed by atoms with Crippen molar-refractivity contribution in [1.29, 1.82) is 0 Å². The molecule has 3 rings (SSSR count). The second-order valence-corrected chi connectivity index (χ2v) is 8.30. The average molecular weight is 472 g/mol. The van der Waals surface area contributed by atoms with Crippen LogP contribution in [0.1, 0.15) is 37.0 Å². The number of likely N-dealkylation sites (tertiary alicyclic amines) is 1. The number of ether oxygens (including phenoxy) is 2. The van der Waals surface area contributed by atoms with Crippen molar-refractivity contribution in [3.8, 4) is 11.5 Å². The first-order valence-electron chi connectivity index (χ1n) is 11.8. The van der Waals surface area contributed by atoms with Crippen LogP contribution in [-0.4, -0.2) is 68.1 Å². The minimum absolute atomic E-state index is 0.0758. The fourth-order valence-corrected chi connectivity index (χ4v) is 4.06. The number of hydrogen-bond acceptors (Lipinski definition) is 5. The van der Waals surface area contributed by atoms with Gasteiger partial charge in [0.1, 0.15) is 12.4 Å². The second kappa shape index (κ2) is 12.4. The quantitative estimate of drug-likeness (QED) is 0.566. The highest BCUT2D eigenvalue weighted by molar-refractivity contribution is 5.95. The van der Waals surface area contributed by atoms with Crippen LogP contribution in [-0.2, 0) is 4.79 Å². The Kier molecular flexibility index (Phi) is 9.27. The van der Waals surface area contributed by atoms with E-state index in [-0.39, 0.29) is 23.5 Å². The molecule has 184 valence electrons. The van der Waals surface area contributed by atoms with E-state index >= 15 is 0 Å². The van der Waals surface area contributed by atoms with Crippen molar-refractivity contribution in [2.24, 2.45) is 5.92 Å². The van der Waals surface area contributed by atoms with E-state index in [0.717, 1.165) is 19.6 Å². The number of benzene rings is 2. The van der Waals surface area contributed by atoms with E-state index in [2.05, 4.69) is 24.1 Å². The molecule has 2 aromatic rings. The van der Waals surface area contributed by atoms with Crippen LogP contribution < -0.4 is 14.8 Å². The van der Waals surface area contributed by atoms with Crippen LogP contribution in [0.25, 0.3) is 0 Å². The lowest BCUT2D eigenvalue weighted by Crippen LogP contribution is -2.41. The topological polar surface area (TPSA) is 71.1 Å². The lowest BCUT2D eigenvalue weighted by Gasteiger charge is -2.31. The number of likely N-dealkylation sites (N-methyl/N-ethyl adjacent to an activating group) is 1. The number of carbonyl (C=O) groups excluding carboxylic acids is 2. The Bertz CT molecular complexity index is 955. The number of halogens is 1. The van der Waals surface area contributed by atoms with Crippen LogP contribution in [0.4, 0.5) is 10.1 Å². The molecule has 1 aliphatic rings. The Balaban J connectivity index is 1.54. The molecule has 2 aromatic carbocycles. The Morgan fingerprint density at radius 1 is 1.06 bits per heavy atom.